The van der Waals surface area contributed by atoms with Crippen molar-refractivity contribution in [2.45, 2.75) is 91.3 Å². The molecule has 27 heavy (non-hydrogen) atoms. The molecule has 1 heterocycles. The monoisotopic (exact) mass is 364 g/mol. The van der Waals surface area contributed by atoms with Crippen LogP contribution in [0.3, 0.4) is 0 Å². The summed E-state index contributed by atoms with van der Waals surface area (Å²) in [6.07, 6.45) is 8.00. The maximum Gasteiger partial charge on any atom is 0.105 e. The number of hydrogen-bond donors (Lipinski definition) is 0. The SMILES string of the molecule is C[B]CCC1CCC2(C)[C@@H]3Cc4ccc(C)c(C)c4[C@@]2(CCN3C)C1(C)C. The van der Waals surface area contributed by atoms with Crippen molar-refractivity contribution in [3.8, 4) is 0 Å². The van der Waals surface area contributed by atoms with E-state index in [0.29, 0.717) is 22.3 Å². The van der Waals surface area contributed by atoms with Gasteiger partial charge in [0.1, 0.15) is 7.28 Å². The Bertz CT molecular complexity index is 738. The molecule has 1 radical (unpaired) electrons. The summed E-state index contributed by atoms with van der Waals surface area (Å²) in [5.41, 5.74) is 7.56. The molecule has 1 aliphatic heterocycles. The number of rotatable bonds is 3. The lowest BCUT2D eigenvalue weighted by atomic mass is 9.35. The van der Waals surface area contributed by atoms with Gasteiger partial charge in [-0.15, -0.1) is 0 Å². The van der Waals surface area contributed by atoms with Gasteiger partial charge >= 0.3 is 0 Å². The fourth-order valence-electron chi connectivity index (χ4n) is 8.01. The molecule has 147 valence electrons. The molecule has 1 saturated carbocycles. The minimum atomic E-state index is 0.317. The molecule has 3 aliphatic rings. The minimum absolute atomic E-state index is 0.317. The number of benzene rings is 1. The third kappa shape index (κ3) is 2.35. The first-order valence-electron chi connectivity index (χ1n) is 11.3. The van der Waals surface area contributed by atoms with E-state index in [2.05, 4.69) is 72.8 Å². The first-order valence-corrected chi connectivity index (χ1v) is 11.3. The van der Waals surface area contributed by atoms with Gasteiger partial charge in [0, 0.05) is 11.5 Å². The van der Waals surface area contributed by atoms with E-state index in [-0.39, 0.29) is 0 Å². The molecule has 0 aromatic heterocycles. The van der Waals surface area contributed by atoms with Crippen molar-refractivity contribution < 1.29 is 0 Å². The van der Waals surface area contributed by atoms with Crippen molar-refractivity contribution in [1.29, 1.82) is 0 Å². The summed E-state index contributed by atoms with van der Waals surface area (Å²) in [6, 6.07) is 5.55. The van der Waals surface area contributed by atoms with Gasteiger partial charge in [-0.25, -0.2) is 0 Å². The lowest BCUT2D eigenvalue weighted by Gasteiger charge is -2.72. The van der Waals surface area contributed by atoms with E-state index in [9.17, 15) is 0 Å². The van der Waals surface area contributed by atoms with E-state index in [4.69, 9.17) is 0 Å². The molecule has 1 aromatic carbocycles. The second-order valence-electron chi connectivity index (χ2n) is 10.8. The van der Waals surface area contributed by atoms with Crippen LogP contribution < -0.4 is 0 Å². The molecule has 4 rings (SSSR count). The zero-order valence-electron chi connectivity index (χ0n) is 18.8. The van der Waals surface area contributed by atoms with Gasteiger partial charge in [0.05, 0.1) is 0 Å². The topological polar surface area (TPSA) is 3.24 Å². The van der Waals surface area contributed by atoms with Gasteiger partial charge in [0.25, 0.3) is 0 Å². The number of likely N-dealkylation sites (tertiary alicyclic amines) is 1. The molecule has 2 bridgehead atoms. The molecule has 0 spiro atoms. The smallest absolute Gasteiger partial charge is 0.105 e. The molecular weight excluding hydrogens is 325 g/mol. The van der Waals surface area contributed by atoms with Crippen molar-refractivity contribution in [3.63, 3.8) is 0 Å². The van der Waals surface area contributed by atoms with E-state index < -0.39 is 0 Å². The highest BCUT2D eigenvalue weighted by Crippen LogP contribution is 2.71. The van der Waals surface area contributed by atoms with Crippen molar-refractivity contribution in [2.24, 2.45) is 16.7 Å². The Balaban J connectivity index is 1.98. The number of nitrogens with zero attached hydrogens (tertiary/aromatic N) is 1. The average molecular weight is 364 g/mol. The maximum atomic E-state index is 2.70. The molecule has 2 aliphatic carbocycles. The number of fused-ring (bicyclic) bond motifs is 1. The first kappa shape index (κ1) is 19.6. The molecule has 4 atom stereocenters. The third-order valence-corrected chi connectivity index (χ3v) is 9.68. The molecule has 1 saturated heterocycles. The number of piperidine rings is 1. The van der Waals surface area contributed by atoms with Gasteiger partial charge in [-0.05, 0) is 92.1 Å². The second-order valence-corrected chi connectivity index (χ2v) is 10.8. The Kier molecular flexibility index (Phi) is 4.62. The van der Waals surface area contributed by atoms with Crippen LogP contribution in [0, 0.1) is 30.6 Å². The van der Waals surface area contributed by atoms with Crippen LogP contribution in [0.25, 0.3) is 0 Å². The van der Waals surface area contributed by atoms with Crippen LogP contribution in [0.1, 0.15) is 68.7 Å². The Morgan fingerprint density at radius 2 is 1.89 bits per heavy atom. The molecular formula is C25H39BN. The van der Waals surface area contributed by atoms with Crippen LogP contribution in [0.4, 0.5) is 0 Å². The first-order chi connectivity index (χ1) is 12.7. The second kappa shape index (κ2) is 6.38. The van der Waals surface area contributed by atoms with E-state index in [0.717, 1.165) is 5.92 Å². The molecule has 1 aromatic rings. The van der Waals surface area contributed by atoms with Crippen LogP contribution >= 0.6 is 0 Å². The predicted molar refractivity (Wildman–Crippen MR) is 118 cm³/mol. The minimum Gasteiger partial charge on any atom is -0.302 e. The van der Waals surface area contributed by atoms with Crippen molar-refractivity contribution in [3.05, 3.63) is 34.4 Å². The summed E-state index contributed by atoms with van der Waals surface area (Å²) in [5.74, 6) is 0.830. The van der Waals surface area contributed by atoms with Crippen molar-refractivity contribution >= 4 is 7.28 Å². The summed E-state index contributed by atoms with van der Waals surface area (Å²) < 4.78 is 0. The lowest BCUT2D eigenvalue weighted by Crippen LogP contribution is -2.72. The standard InChI is InChI=1S/C25H39BN/c1-17-8-9-19-16-21-24(5)12-10-20(11-14-26-6)23(3,4)25(24,13-15-27(21)7)22(19)18(17)2/h8-9,20-21H,10-16H2,1-7H3/t20?,21-,24?,25-/m0/s1. The third-order valence-electron chi connectivity index (χ3n) is 9.68. The zero-order valence-corrected chi connectivity index (χ0v) is 18.8. The molecule has 1 nitrogen and oxygen atoms in total. The van der Waals surface area contributed by atoms with Crippen LogP contribution in [0.5, 0.6) is 0 Å². The summed E-state index contributed by atoms with van der Waals surface area (Å²) >= 11 is 0. The van der Waals surface area contributed by atoms with E-state index in [1.165, 1.54) is 50.5 Å². The number of hydrogen-bond acceptors (Lipinski definition) is 1. The van der Waals surface area contributed by atoms with Crippen LogP contribution in [0.15, 0.2) is 12.1 Å². The van der Waals surface area contributed by atoms with E-state index in [1.807, 2.05) is 0 Å². The molecule has 0 N–H and O–H groups in total. The Morgan fingerprint density at radius 1 is 1.15 bits per heavy atom. The Labute approximate surface area is 168 Å². The van der Waals surface area contributed by atoms with Gasteiger partial charge in [-0.1, -0.05) is 52.5 Å². The van der Waals surface area contributed by atoms with Gasteiger partial charge in [0.15, 0.2) is 0 Å². The van der Waals surface area contributed by atoms with Crippen LogP contribution in [-0.4, -0.2) is 31.8 Å². The summed E-state index contributed by atoms with van der Waals surface area (Å²) in [6.45, 7) is 16.2. The van der Waals surface area contributed by atoms with Gasteiger partial charge in [-0.3, -0.25) is 0 Å². The normalized spacial score (nSPS) is 37.4. The summed E-state index contributed by atoms with van der Waals surface area (Å²) in [7, 11) is 4.76. The lowest BCUT2D eigenvalue weighted by molar-refractivity contribution is -0.158. The Hall–Kier alpha value is -0.755. The van der Waals surface area contributed by atoms with Gasteiger partial charge in [-0.2, -0.15) is 0 Å². The summed E-state index contributed by atoms with van der Waals surface area (Å²) in [5, 5.41) is 0. The highest BCUT2D eigenvalue weighted by Gasteiger charge is 2.68. The number of aryl methyl sites for hydroxylation is 1. The quantitative estimate of drug-likeness (QED) is 0.612. The molecule has 2 heteroatoms. The molecule has 0 amide bonds. The molecule has 2 fully saturated rings. The maximum absolute atomic E-state index is 2.70. The van der Waals surface area contributed by atoms with Crippen LogP contribution in [0.2, 0.25) is 13.1 Å². The van der Waals surface area contributed by atoms with Gasteiger partial charge < -0.3 is 4.90 Å². The fourth-order valence-corrected chi connectivity index (χ4v) is 8.01. The van der Waals surface area contributed by atoms with Crippen molar-refractivity contribution in [1.82, 2.24) is 4.90 Å². The highest BCUT2D eigenvalue weighted by atomic mass is 15.2. The summed E-state index contributed by atoms with van der Waals surface area (Å²) in [4.78, 5) is 2.70. The fraction of sp³-hybridized carbons (Fsp3) is 0.760. The predicted octanol–water partition coefficient (Wildman–Crippen LogP) is 5.80. The highest BCUT2D eigenvalue weighted by molar-refractivity contribution is 6.33. The van der Waals surface area contributed by atoms with Crippen molar-refractivity contribution in [2.75, 3.05) is 13.6 Å². The Morgan fingerprint density at radius 3 is 2.59 bits per heavy atom. The van der Waals surface area contributed by atoms with Crippen LogP contribution in [-0.2, 0) is 11.8 Å². The number of likely N-dealkylation sites (N-methyl/N-ethyl adjacent to an activating group) is 1. The zero-order chi connectivity index (χ0) is 19.6. The van der Waals surface area contributed by atoms with E-state index >= 15 is 0 Å². The van der Waals surface area contributed by atoms with E-state index in [1.54, 1.807) is 16.7 Å². The van der Waals surface area contributed by atoms with Gasteiger partial charge in [0.2, 0.25) is 0 Å². The average Bonchev–Trinajstić information content (AvgIpc) is 2.61. The molecule has 2 unspecified atom stereocenters. The largest absolute Gasteiger partial charge is 0.302 e.